The zero-order valence-corrected chi connectivity index (χ0v) is 10.1. The average Bonchev–Trinajstić information content (AvgIpc) is 2.40. The minimum atomic E-state index is -1.07. The van der Waals surface area contributed by atoms with Gasteiger partial charge in [-0.1, -0.05) is 0 Å². The second-order valence-corrected chi connectivity index (χ2v) is 4.26. The number of carbonyl (C=O) groups is 1. The van der Waals surface area contributed by atoms with Gasteiger partial charge in [0.05, 0.1) is 6.10 Å². The largest absolute Gasteiger partial charge is 0.476 e. The predicted molar refractivity (Wildman–Crippen MR) is 65.7 cm³/mol. The third-order valence-corrected chi connectivity index (χ3v) is 2.93. The maximum Gasteiger partial charge on any atom is 0.358 e. The van der Waals surface area contributed by atoms with E-state index in [1.807, 2.05) is 0 Å². The van der Waals surface area contributed by atoms with E-state index in [1.165, 1.54) is 18.8 Å². The molecule has 1 atom stereocenters. The molecule has 0 amide bonds. The number of aromatic nitrogens is 2. The second kappa shape index (κ2) is 6.30. The van der Waals surface area contributed by atoms with E-state index in [2.05, 4.69) is 15.3 Å². The molecule has 2 heterocycles. The van der Waals surface area contributed by atoms with Crippen molar-refractivity contribution < 1.29 is 14.6 Å². The molecule has 1 fully saturated rings. The lowest BCUT2D eigenvalue weighted by Crippen LogP contribution is -2.22. The van der Waals surface area contributed by atoms with Crippen LogP contribution in [0.2, 0.25) is 0 Å². The average molecular weight is 251 g/mol. The summed E-state index contributed by atoms with van der Waals surface area (Å²) < 4.78 is 5.60. The molecule has 1 unspecified atom stereocenters. The van der Waals surface area contributed by atoms with Gasteiger partial charge >= 0.3 is 5.97 Å². The van der Waals surface area contributed by atoms with Crippen LogP contribution in [0.1, 0.15) is 36.2 Å². The maximum atomic E-state index is 10.9. The molecule has 0 spiro atoms. The Bertz CT molecular complexity index is 405. The number of ether oxygens (including phenoxy) is 1. The van der Waals surface area contributed by atoms with Crippen LogP contribution in [0.3, 0.4) is 0 Å². The first kappa shape index (κ1) is 12.8. The van der Waals surface area contributed by atoms with E-state index >= 15 is 0 Å². The molecule has 0 bridgehead atoms. The van der Waals surface area contributed by atoms with Crippen LogP contribution < -0.4 is 5.32 Å². The minimum Gasteiger partial charge on any atom is -0.476 e. The van der Waals surface area contributed by atoms with E-state index in [9.17, 15) is 4.79 Å². The number of hydrogen-bond acceptors (Lipinski definition) is 5. The molecule has 6 heteroatoms. The zero-order valence-electron chi connectivity index (χ0n) is 10.1. The number of anilines is 1. The van der Waals surface area contributed by atoms with Crippen molar-refractivity contribution >= 4 is 11.8 Å². The van der Waals surface area contributed by atoms with E-state index in [0.717, 1.165) is 25.9 Å². The van der Waals surface area contributed by atoms with Gasteiger partial charge in [0.25, 0.3) is 0 Å². The van der Waals surface area contributed by atoms with Crippen LogP contribution in [0, 0.1) is 0 Å². The van der Waals surface area contributed by atoms with Crippen molar-refractivity contribution in [1.82, 2.24) is 9.97 Å². The Labute approximate surface area is 105 Å². The topological polar surface area (TPSA) is 84.3 Å². The van der Waals surface area contributed by atoms with E-state index in [4.69, 9.17) is 9.84 Å². The summed E-state index contributed by atoms with van der Waals surface area (Å²) in [6, 6.07) is 0. The molecular formula is C12H17N3O3. The minimum absolute atomic E-state index is 0.0398. The van der Waals surface area contributed by atoms with Crippen molar-refractivity contribution in [3.05, 3.63) is 18.1 Å². The Morgan fingerprint density at radius 2 is 2.28 bits per heavy atom. The van der Waals surface area contributed by atoms with E-state index < -0.39 is 5.97 Å². The summed E-state index contributed by atoms with van der Waals surface area (Å²) >= 11 is 0. The summed E-state index contributed by atoms with van der Waals surface area (Å²) in [7, 11) is 0. The first-order valence-corrected chi connectivity index (χ1v) is 6.17. The van der Waals surface area contributed by atoms with Crippen LogP contribution in [0.4, 0.5) is 5.82 Å². The molecule has 98 valence electrons. The lowest BCUT2D eigenvalue weighted by atomic mass is 10.1. The molecule has 0 radical (unpaired) electrons. The number of aromatic carboxylic acids is 1. The van der Waals surface area contributed by atoms with Gasteiger partial charge in [0, 0.05) is 25.5 Å². The summed E-state index contributed by atoms with van der Waals surface area (Å²) in [5.74, 6) is -0.750. The van der Waals surface area contributed by atoms with Crippen molar-refractivity contribution in [3.8, 4) is 0 Å². The van der Waals surface area contributed by atoms with Crippen molar-refractivity contribution in [2.75, 3.05) is 18.5 Å². The van der Waals surface area contributed by atoms with Crippen LogP contribution in [0.25, 0.3) is 0 Å². The molecule has 1 aromatic rings. The van der Waals surface area contributed by atoms with Gasteiger partial charge in [-0.15, -0.1) is 0 Å². The molecule has 1 saturated heterocycles. The predicted octanol–water partition coefficient (Wildman–Crippen LogP) is 1.55. The fourth-order valence-corrected chi connectivity index (χ4v) is 2.01. The Hall–Kier alpha value is -1.69. The first-order valence-electron chi connectivity index (χ1n) is 6.17. The van der Waals surface area contributed by atoms with Gasteiger partial charge in [0.2, 0.25) is 0 Å². The molecule has 0 aromatic carbocycles. The van der Waals surface area contributed by atoms with Crippen LogP contribution in [-0.2, 0) is 4.74 Å². The highest BCUT2D eigenvalue weighted by Gasteiger charge is 2.15. The fourth-order valence-electron chi connectivity index (χ4n) is 2.01. The third-order valence-electron chi connectivity index (χ3n) is 2.93. The lowest BCUT2D eigenvalue weighted by Gasteiger charge is -2.22. The van der Waals surface area contributed by atoms with Crippen molar-refractivity contribution in [1.29, 1.82) is 0 Å². The monoisotopic (exact) mass is 251 g/mol. The second-order valence-electron chi connectivity index (χ2n) is 4.26. The quantitative estimate of drug-likeness (QED) is 0.825. The van der Waals surface area contributed by atoms with Gasteiger partial charge in [-0.3, -0.25) is 0 Å². The molecule has 2 rings (SSSR count). The number of carboxylic acid groups (broad SMARTS) is 1. The SMILES string of the molecule is O=C(O)c1nccnc1NCCC1CCCCO1. The number of nitrogens with one attached hydrogen (secondary N) is 1. The van der Waals surface area contributed by atoms with E-state index in [0.29, 0.717) is 12.4 Å². The van der Waals surface area contributed by atoms with Gasteiger partial charge in [-0.2, -0.15) is 0 Å². The highest BCUT2D eigenvalue weighted by Crippen LogP contribution is 2.16. The molecule has 6 nitrogen and oxygen atoms in total. The van der Waals surface area contributed by atoms with Crippen LogP contribution >= 0.6 is 0 Å². The van der Waals surface area contributed by atoms with E-state index in [-0.39, 0.29) is 11.8 Å². The smallest absolute Gasteiger partial charge is 0.358 e. The number of nitrogens with zero attached hydrogens (tertiary/aromatic N) is 2. The van der Waals surface area contributed by atoms with Crippen LogP contribution in [0.15, 0.2) is 12.4 Å². The zero-order chi connectivity index (χ0) is 12.8. The Morgan fingerprint density at radius 1 is 1.44 bits per heavy atom. The summed E-state index contributed by atoms with van der Waals surface area (Å²) in [6.45, 7) is 1.47. The first-order chi connectivity index (χ1) is 8.77. The van der Waals surface area contributed by atoms with Crippen LogP contribution in [-0.4, -0.2) is 40.3 Å². The van der Waals surface area contributed by atoms with Crippen LogP contribution in [0.5, 0.6) is 0 Å². The number of rotatable bonds is 5. The molecule has 18 heavy (non-hydrogen) atoms. The molecule has 1 aromatic heterocycles. The molecule has 2 N–H and O–H groups in total. The molecular weight excluding hydrogens is 234 g/mol. The fraction of sp³-hybridized carbons (Fsp3) is 0.583. The molecule has 0 aliphatic carbocycles. The lowest BCUT2D eigenvalue weighted by molar-refractivity contribution is 0.0134. The summed E-state index contributed by atoms with van der Waals surface area (Å²) in [5, 5.41) is 12.0. The Balaban J connectivity index is 1.84. The normalized spacial score (nSPS) is 19.4. The van der Waals surface area contributed by atoms with Crippen molar-refractivity contribution in [3.63, 3.8) is 0 Å². The van der Waals surface area contributed by atoms with Gasteiger partial charge in [-0.05, 0) is 25.7 Å². The standard InChI is InChI=1S/C12H17N3O3/c16-12(17)10-11(15-7-6-13-10)14-5-4-9-3-1-2-8-18-9/h6-7,9H,1-5,8H2,(H,14,15)(H,16,17). The van der Waals surface area contributed by atoms with Crippen molar-refractivity contribution in [2.45, 2.75) is 31.8 Å². The van der Waals surface area contributed by atoms with Gasteiger partial charge < -0.3 is 15.2 Å². The van der Waals surface area contributed by atoms with Gasteiger partial charge in [0.1, 0.15) is 0 Å². The molecule has 1 aliphatic rings. The summed E-state index contributed by atoms with van der Waals surface area (Å²) in [5.41, 5.74) is -0.0398. The number of carboxylic acids is 1. The highest BCUT2D eigenvalue weighted by atomic mass is 16.5. The highest BCUT2D eigenvalue weighted by molar-refractivity contribution is 5.90. The third kappa shape index (κ3) is 3.40. The van der Waals surface area contributed by atoms with Crippen molar-refractivity contribution in [2.24, 2.45) is 0 Å². The van der Waals surface area contributed by atoms with Gasteiger partial charge in [-0.25, -0.2) is 14.8 Å². The number of hydrogen-bond donors (Lipinski definition) is 2. The Morgan fingerprint density at radius 3 is 3.00 bits per heavy atom. The Kier molecular flexibility index (Phi) is 4.46. The molecule has 1 aliphatic heterocycles. The van der Waals surface area contributed by atoms with Gasteiger partial charge in [0.15, 0.2) is 11.5 Å². The maximum absolute atomic E-state index is 10.9. The van der Waals surface area contributed by atoms with E-state index in [1.54, 1.807) is 0 Å². The summed E-state index contributed by atoms with van der Waals surface area (Å²) in [6.07, 6.45) is 7.40. The molecule has 0 saturated carbocycles. The summed E-state index contributed by atoms with van der Waals surface area (Å²) in [4.78, 5) is 18.7.